The zero-order valence-corrected chi connectivity index (χ0v) is 4.75. The maximum absolute atomic E-state index is 7.76. The lowest BCUT2D eigenvalue weighted by atomic mass is 10.7. The van der Waals surface area contributed by atoms with Crippen molar-refractivity contribution in [1.29, 1.82) is 0 Å². The molecule has 3 heteroatoms. The summed E-state index contributed by atoms with van der Waals surface area (Å²) in [5, 5.41) is 23.0. The van der Waals surface area contributed by atoms with Crippen LogP contribution in [0.3, 0.4) is 0 Å². The zero-order chi connectivity index (χ0) is 6.83. The van der Waals surface area contributed by atoms with Crippen LogP contribution in [0, 0.1) is 0 Å². The maximum Gasteiger partial charge on any atom is 0.0662 e. The molecule has 50 valence electrons. The van der Waals surface area contributed by atoms with E-state index in [0.29, 0.717) is 0 Å². The minimum absolute atomic E-state index is 0.0833. The predicted octanol–water partition coefficient (Wildman–Crippen LogP) is -0.864. The fourth-order valence-electron chi connectivity index (χ4n) is 0. The van der Waals surface area contributed by atoms with Gasteiger partial charge in [0.2, 0.25) is 0 Å². The maximum atomic E-state index is 7.76. The summed E-state index contributed by atoms with van der Waals surface area (Å²) < 4.78 is 0. The van der Waals surface area contributed by atoms with Gasteiger partial charge >= 0.3 is 0 Å². The number of aliphatic hydroxyl groups excluding tert-OH is 3. The van der Waals surface area contributed by atoms with E-state index in [1.807, 2.05) is 0 Å². The van der Waals surface area contributed by atoms with Crippen LogP contribution in [0.15, 0.2) is 12.7 Å². The minimum atomic E-state index is -0.125. The highest BCUT2D eigenvalue weighted by Crippen LogP contribution is 1.46. The Morgan fingerprint density at radius 3 is 1.38 bits per heavy atom. The fourth-order valence-corrected chi connectivity index (χ4v) is 0. The van der Waals surface area contributed by atoms with E-state index in [4.69, 9.17) is 15.3 Å². The molecule has 0 saturated carbocycles. The average molecular weight is 120 g/mol. The summed E-state index contributed by atoms with van der Waals surface area (Å²) in [7, 11) is 0. The first kappa shape index (κ1) is 10.6. The van der Waals surface area contributed by atoms with E-state index in [0.717, 1.165) is 0 Å². The number of hydrogen-bond acceptors (Lipinski definition) is 3. The van der Waals surface area contributed by atoms with Crippen LogP contribution in [0.4, 0.5) is 0 Å². The van der Waals surface area contributed by atoms with Gasteiger partial charge < -0.3 is 15.3 Å². The molecular formula is C5H12O3. The van der Waals surface area contributed by atoms with Crippen molar-refractivity contribution in [3.8, 4) is 0 Å². The molecule has 0 fully saturated rings. The molecule has 0 aromatic carbocycles. The average Bonchev–Trinajstić information content (AvgIpc) is 1.88. The Kier molecular flexibility index (Phi) is 21.1. The molecule has 0 aliphatic rings. The van der Waals surface area contributed by atoms with Gasteiger partial charge in [-0.15, -0.1) is 6.58 Å². The van der Waals surface area contributed by atoms with E-state index >= 15 is 0 Å². The second-order valence-electron chi connectivity index (χ2n) is 0.918. The highest BCUT2D eigenvalue weighted by Gasteiger charge is 1.58. The Morgan fingerprint density at radius 1 is 1.12 bits per heavy atom. The quantitative estimate of drug-likeness (QED) is 0.415. The first-order valence-electron chi connectivity index (χ1n) is 2.27. The molecule has 0 aliphatic carbocycles. The van der Waals surface area contributed by atoms with Crippen molar-refractivity contribution in [3.63, 3.8) is 0 Å². The van der Waals surface area contributed by atoms with Crippen molar-refractivity contribution in [2.75, 3.05) is 19.8 Å². The zero-order valence-electron chi connectivity index (χ0n) is 4.75. The van der Waals surface area contributed by atoms with E-state index in [2.05, 4.69) is 6.58 Å². The van der Waals surface area contributed by atoms with Gasteiger partial charge in [-0.3, -0.25) is 0 Å². The summed E-state index contributed by atoms with van der Waals surface area (Å²) >= 11 is 0. The molecule has 0 unspecified atom stereocenters. The molecule has 0 aliphatic heterocycles. The van der Waals surface area contributed by atoms with Crippen LogP contribution in [0.25, 0.3) is 0 Å². The molecule has 0 bridgehead atoms. The fraction of sp³-hybridized carbons (Fsp3) is 0.600. The van der Waals surface area contributed by atoms with Gasteiger partial charge in [0.1, 0.15) is 0 Å². The first-order chi connectivity index (χ1) is 3.83. The standard InChI is InChI=1S/C3H6O.C2H6O2/c1-2-3-4;3-1-2-4/h2,4H,1,3H2;3-4H,1-2H2. The lowest BCUT2D eigenvalue weighted by Gasteiger charge is -1.70. The molecule has 8 heavy (non-hydrogen) atoms. The molecule has 3 nitrogen and oxygen atoms in total. The van der Waals surface area contributed by atoms with Crippen LogP contribution >= 0.6 is 0 Å². The van der Waals surface area contributed by atoms with Crippen molar-refractivity contribution >= 4 is 0 Å². The normalized spacial score (nSPS) is 6.88. The van der Waals surface area contributed by atoms with Crippen molar-refractivity contribution in [2.24, 2.45) is 0 Å². The van der Waals surface area contributed by atoms with Gasteiger partial charge in [-0.1, -0.05) is 6.08 Å². The van der Waals surface area contributed by atoms with E-state index in [-0.39, 0.29) is 19.8 Å². The molecule has 0 saturated heterocycles. The van der Waals surface area contributed by atoms with Gasteiger partial charge in [-0.2, -0.15) is 0 Å². The number of rotatable bonds is 2. The molecule has 0 radical (unpaired) electrons. The second kappa shape index (κ2) is 16.0. The van der Waals surface area contributed by atoms with Crippen LogP contribution in [0.1, 0.15) is 0 Å². The predicted molar refractivity (Wildman–Crippen MR) is 31.5 cm³/mol. The van der Waals surface area contributed by atoms with E-state index in [1.165, 1.54) is 6.08 Å². The molecule has 0 aromatic rings. The molecular weight excluding hydrogens is 108 g/mol. The van der Waals surface area contributed by atoms with Gasteiger partial charge in [0.25, 0.3) is 0 Å². The Morgan fingerprint density at radius 2 is 1.38 bits per heavy atom. The summed E-state index contributed by atoms with van der Waals surface area (Å²) in [6.45, 7) is 3.06. The van der Waals surface area contributed by atoms with Gasteiger partial charge in [0.05, 0.1) is 19.8 Å². The van der Waals surface area contributed by atoms with Crippen LogP contribution in [0.5, 0.6) is 0 Å². The molecule has 0 atom stereocenters. The van der Waals surface area contributed by atoms with Crippen molar-refractivity contribution in [3.05, 3.63) is 12.7 Å². The van der Waals surface area contributed by atoms with Crippen molar-refractivity contribution in [1.82, 2.24) is 0 Å². The molecule has 3 N–H and O–H groups in total. The van der Waals surface area contributed by atoms with Gasteiger partial charge in [0.15, 0.2) is 0 Å². The highest BCUT2D eigenvalue weighted by atomic mass is 16.3. The molecule has 0 amide bonds. The summed E-state index contributed by atoms with van der Waals surface area (Å²) in [4.78, 5) is 0. The van der Waals surface area contributed by atoms with E-state index < -0.39 is 0 Å². The molecule has 0 heterocycles. The summed E-state index contributed by atoms with van der Waals surface area (Å²) in [6.07, 6.45) is 1.43. The Balaban J connectivity index is 0. The Labute approximate surface area is 48.9 Å². The lowest BCUT2D eigenvalue weighted by molar-refractivity contribution is 0.186. The third-order valence-electron chi connectivity index (χ3n) is 0.229. The van der Waals surface area contributed by atoms with Gasteiger partial charge in [-0.25, -0.2) is 0 Å². The summed E-state index contributed by atoms with van der Waals surface area (Å²) in [5.41, 5.74) is 0. The largest absolute Gasteiger partial charge is 0.394 e. The Bertz CT molecular complexity index is 34.7. The minimum Gasteiger partial charge on any atom is -0.394 e. The van der Waals surface area contributed by atoms with Gasteiger partial charge in [0, 0.05) is 0 Å². The third-order valence-corrected chi connectivity index (χ3v) is 0.229. The SMILES string of the molecule is C=CCO.OCCO. The summed E-state index contributed by atoms with van der Waals surface area (Å²) in [5.74, 6) is 0. The first-order valence-corrected chi connectivity index (χ1v) is 2.27. The third kappa shape index (κ3) is 45.7. The molecule has 0 spiro atoms. The summed E-state index contributed by atoms with van der Waals surface area (Å²) in [6, 6.07) is 0. The second-order valence-corrected chi connectivity index (χ2v) is 0.918. The van der Waals surface area contributed by atoms with Crippen LogP contribution in [0.2, 0.25) is 0 Å². The number of hydrogen-bond donors (Lipinski definition) is 3. The van der Waals surface area contributed by atoms with Crippen LogP contribution < -0.4 is 0 Å². The van der Waals surface area contributed by atoms with Crippen molar-refractivity contribution in [2.45, 2.75) is 0 Å². The number of aliphatic hydroxyl groups is 3. The van der Waals surface area contributed by atoms with Crippen LogP contribution in [-0.4, -0.2) is 35.1 Å². The lowest BCUT2D eigenvalue weighted by Crippen LogP contribution is -1.85. The smallest absolute Gasteiger partial charge is 0.0662 e. The van der Waals surface area contributed by atoms with Gasteiger partial charge in [-0.05, 0) is 0 Å². The highest BCUT2D eigenvalue weighted by molar-refractivity contribution is 4.60. The van der Waals surface area contributed by atoms with E-state index in [9.17, 15) is 0 Å². The Hall–Kier alpha value is -0.380. The topological polar surface area (TPSA) is 60.7 Å². The monoisotopic (exact) mass is 120 g/mol. The van der Waals surface area contributed by atoms with Crippen molar-refractivity contribution < 1.29 is 15.3 Å². The molecule has 0 aromatic heterocycles. The van der Waals surface area contributed by atoms with Crippen LogP contribution in [-0.2, 0) is 0 Å². The molecule has 0 rings (SSSR count). The van der Waals surface area contributed by atoms with E-state index in [1.54, 1.807) is 0 Å².